The first-order valence-electron chi connectivity index (χ1n) is 10.3. The fraction of sp³-hybridized carbons (Fsp3) is 0.478. The molecule has 1 heterocycles. The lowest BCUT2D eigenvalue weighted by Crippen LogP contribution is -2.37. The van der Waals surface area contributed by atoms with Crippen molar-refractivity contribution in [2.45, 2.75) is 58.8 Å². The lowest BCUT2D eigenvalue weighted by Gasteiger charge is -2.36. The van der Waals surface area contributed by atoms with Crippen LogP contribution >= 0.6 is 0 Å². The SMILES string of the molecule is CCN(c1ccc(C#N)c(C(F)(F)F)c1)C1CCC=C(c2cncn2CC(C)C)C1. The van der Waals surface area contributed by atoms with Crippen molar-refractivity contribution in [2.24, 2.45) is 5.92 Å². The van der Waals surface area contributed by atoms with Gasteiger partial charge in [0.05, 0.1) is 35.4 Å². The number of benzene rings is 1. The van der Waals surface area contributed by atoms with Gasteiger partial charge in [-0.25, -0.2) is 4.98 Å². The van der Waals surface area contributed by atoms with Gasteiger partial charge in [-0.2, -0.15) is 18.4 Å². The van der Waals surface area contributed by atoms with Crippen molar-refractivity contribution in [1.29, 1.82) is 5.26 Å². The molecular formula is C23H27F3N4. The highest BCUT2D eigenvalue weighted by molar-refractivity contribution is 5.65. The Labute approximate surface area is 175 Å². The number of allylic oxidation sites excluding steroid dienone is 1. The molecule has 160 valence electrons. The first-order chi connectivity index (χ1) is 14.2. The zero-order chi connectivity index (χ0) is 21.9. The van der Waals surface area contributed by atoms with Gasteiger partial charge in [-0.3, -0.25) is 0 Å². The molecule has 1 atom stereocenters. The van der Waals surface area contributed by atoms with Crippen LogP contribution in [0, 0.1) is 17.2 Å². The van der Waals surface area contributed by atoms with E-state index in [0.29, 0.717) is 18.2 Å². The van der Waals surface area contributed by atoms with Gasteiger partial charge in [0.2, 0.25) is 0 Å². The average molecular weight is 416 g/mol. The number of anilines is 1. The molecule has 1 aliphatic carbocycles. The Morgan fingerprint density at radius 1 is 1.33 bits per heavy atom. The van der Waals surface area contributed by atoms with Crippen LogP contribution in [0.25, 0.3) is 5.57 Å². The molecule has 0 bridgehead atoms. The summed E-state index contributed by atoms with van der Waals surface area (Å²) in [6, 6.07) is 5.76. The van der Waals surface area contributed by atoms with Gasteiger partial charge >= 0.3 is 6.18 Å². The molecule has 2 aromatic rings. The monoisotopic (exact) mass is 416 g/mol. The molecule has 0 fully saturated rings. The van der Waals surface area contributed by atoms with Crippen molar-refractivity contribution >= 4 is 11.3 Å². The summed E-state index contributed by atoms with van der Waals surface area (Å²) in [5.74, 6) is 0.490. The summed E-state index contributed by atoms with van der Waals surface area (Å²) in [4.78, 5) is 6.33. The van der Waals surface area contributed by atoms with E-state index in [0.717, 1.165) is 37.6 Å². The molecule has 7 heteroatoms. The van der Waals surface area contributed by atoms with E-state index in [-0.39, 0.29) is 11.6 Å². The summed E-state index contributed by atoms with van der Waals surface area (Å²) < 4.78 is 42.5. The normalized spacial score (nSPS) is 17.0. The minimum atomic E-state index is -4.55. The number of hydrogen-bond acceptors (Lipinski definition) is 3. The zero-order valence-corrected chi connectivity index (χ0v) is 17.6. The molecule has 3 rings (SSSR count). The van der Waals surface area contributed by atoms with Crippen LogP contribution in [-0.2, 0) is 12.7 Å². The first-order valence-corrected chi connectivity index (χ1v) is 10.3. The highest BCUT2D eigenvalue weighted by Gasteiger charge is 2.35. The third kappa shape index (κ3) is 4.69. The second-order valence-corrected chi connectivity index (χ2v) is 8.12. The largest absolute Gasteiger partial charge is 0.417 e. The Morgan fingerprint density at radius 2 is 2.10 bits per heavy atom. The van der Waals surface area contributed by atoms with Crippen molar-refractivity contribution in [3.63, 3.8) is 0 Å². The molecule has 1 aromatic carbocycles. The van der Waals surface area contributed by atoms with E-state index in [1.807, 2.05) is 24.3 Å². The number of hydrogen-bond donors (Lipinski definition) is 0. The number of nitrogens with zero attached hydrogens (tertiary/aromatic N) is 4. The van der Waals surface area contributed by atoms with Crippen LogP contribution in [0.2, 0.25) is 0 Å². The maximum atomic E-state index is 13.4. The predicted octanol–water partition coefficient (Wildman–Crippen LogP) is 5.89. The van der Waals surface area contributed by atoms with Gasteiger partial charge in [-0.05, 0) is 55.9 Å². The Kier molecular flexibility index (Phi) is 6.55. The Morgan fingerprint density at radius 3 is 2.73 bits per heavy atom. The fourth-order valence-electron chi connectivity index (χ4n) is 4.19. The van der Waals surface area contributed by atoms with Gasteiger partial charge in [0, 0.05) is 24.8 Å². The molecule has 0 amide bonds. The standard InChI is InChI=1S/C23H27F3N4/c1-4-30(20-9-8-18(12-27)21(11-20)23(24,25)26)19-7-5-6-17(10-19)22-13-28-15-29(22)14-16(2)3/h6,8-9,11,13,15-16,19H,4-5,7,10,14H2,1-3H3. The quantitative estimate of drug-likeness (QED) is 0.590. The molecule has 0 saturated heterocycles. The second kappa shape index (κ2) is 8.95. The van der Waals surface area contributed by atoms with E-state index < -0.39 is 11.7 Å². The summed E-state index contributed by atoms with van der Waals surface area (Å²) in [7, 11) is 0. The van der Waals surface area contributed by atoms with Gasteiger partial charge in [-0.15, -0.1) is 0 Å². The predicted molar refractivity (Wildman–Crippen MR) is 112 cm³/mol. The van der Waals surface area contributed by atoms with Gasteiger partial charge in [0.1, 0.15) is 0 Å². The van der Waals surface area contributed by atoms with Gasteiger partial charge in [-0.1, -0.05) is 19.9 Å². The molecule has 0 spiro atoms. The molecule has 0 radical (unpaired) electrons. The van der Waals surface area contributed by atoms with Gasteiger partial charge < -0.3 is 9.47 Å². The number of alkyl halides is 3. The van der Waals surface area contributed by atoms with E-state index in [4.69, 9.17) is 5.26 Å². The molecule has 0 aliphatic heterocycles. The minimum Gasteiger partial charge on any atom is -0.368 e. The Bertz CT molecular complexity index is 950. The number of aromatic nitrogens is 2. The summed E-state index contributed by atoms with van der Waals surface area (Å²) in [6.07, 6.45) is 3.87. The van der Waals surface area contributed by atoms with Crippen LogP contribution in [0.15, 0.2) is 36.8 Å². The van der Waals surface area contributed by atoms with Crippen molar-refractivity contribution in [1.82, 2.24) is 9.55 Å². The van der Waals surface area contributed by atoms with Crippen LogP contribution in [0.5, 0.6) is 0 Å². The summed E-state index contributed by atoms with van der Waals surface area (Å²) in [5.41, 5.74) is 1.56. The zero-order valence-electron chi connectivity index (χ0n) is 17.6. The molecule has 0 N–H and O–H groups in total. The maximum Gasteiger partial charge on any atom is 0.417 e. The molecule has 30 heavy (non-hydrogen) atoms. The lowest BCUT2D eigenvalue weighted by atomic mass is 9.91. The summed E-state index contributed by atoms with van der Waals surface area (Å²) in [6.45, 7) is 7.73. The highest BCUT2D eigenvalue weighted by atomic mass is 19.4. The van der Waals surface area contributed by atoms with E-state index in [9.17, 15) is 13.2 Å². The molecular weight excluding hydrogens is 389 g/mol. The van der Waals surface area contributed by atoms with Crippen molar-refractivity contribution < 1.29 is 13.2 Å². The molecule has 0 saturated carbocycles. The Balaban J connectivity index is 1.88. The van der Waals surface area contributed by atoms with Crippen LogP contribution in [0.3, 0.4) is 0 Å². The highest BCUT2D eigenvalue weighted by Crippen LogP contribution is 2.37. The third-order valence-corrected chi connectivity index (χ3v) is 5.49. The van der Waals surface area contributed by atoms with Crippen molar-refractivity contribution in [3.05, 3.63) is 53.6 Å². The number of imidazole rings is 1. The van der Waals surface area contributed by atoms with Gasteiger partial charge in [0.15, 0.2) is 0 Å². The fourth-order valence-corrected chi connectivity index (χ4v) is 4.19. The molecule has 1 aliphatic rings. The van der Waals surface area contributed by atoms with Crippen LogP contribution in [0.4, 0.5) is 18.9 Å². The van der Waals surface area contributed by atoms with Crippen LogP contribution in [-0.4, -0.2) is 22.1 Å². The smallest absolute Gasteiger partial charge is 0.368 e. The minimum absolute atomic E-state index is 0.0893. The number of halogens is 3. The maximum absolute atomic E-state index is 13.4. The van der Waals surface area contributed by atoms with Crippen LogP contribution < -0.4 is 4.90 Å². The number of nitriles is 1. The summed E-state index contributed by atoms with van der Waals surface area (Å²) in [5, 5.41) is 9.07. The van der Waals surface area contributed by atoms with E-state index in [1.165, 1.54) is 11.6 Å². The molecule has 4 nitrogen and oxygen atoms in total. The Hall–Kier alpha value is -2.75. The molecule has 1 aromatic heterocycles. The topological polar surface area (TPSA) is 44.9 Å². The van der Waals surface area contributed by atoms with Crippen molar-refractivity contribution in [2.75, 3.05) is 11.4 Å². The van der Waals surface area contributed by atoms with Crippen molar-refractivity contribution in [3.8, 4) is 6.07 Å². The van der Waals surface area contributed by atoms with E-state index >= 15 is 0 Å². The van der Waals surface area contributed by atoms with E-state index in [1.54, 1.807) is 12.1 Å². The molecule has 1 unspecified atom stereocenters. The third-order valence-electron chi connectivity index (χ3n) is 5.49. The van der Waals surface area contributed by atoms with Gasteiger partial charge in [0.25, 0.3) is 0 Å². The first kappa shape index (κ1) is 21.9. The average Bonchev–Trinajstić information content (AvgIpc) is 3.15. The van der Waals surface area contributed by atoms with Crippen LogP contribution in [0.1, 0.15) is 56.9 Å². The summed E-state index contributed by atoms with van der Waals surface area (Å²) >= 11 is 0. The lowest BCUT2D eigenvalue weighted by molar-refractivity contribution is -0.137. The number of rotatable bonds is 6. The second-order valence-electron chi connectivity index (χ2n) is 8.12. The van der Waals surface area contributed by atoms with E-state index in [2.05, 4.69) is 29.5 Å².